The van der Waals surface area contributed by atoms with Gasteiger partial charge in [0.2, 0.25) is 0 Å². The fourth-order valence-corrected chi connectivity index (χ4v) is 6.47. The zero-order chi connectivity index (χ0) is 21.8. The summed E-state index contributed by atoms with van der Waals surface area (Å²) in [5.41, 5.74) is 4.44. The van der Waals surface area contributed by atoms with Crippen LogP contribution in [0, 0.1) is 17.3 Å². The molecule has 2 saturated carbocycles. The molecule has 0 saturated heterocycles. The molecule has 4 heteroatoms. The standard InChI is InChI=1S/C27H30O4/c1-27-11-10-21-20-8-6-19(30-2)14-17(20)5-7-22(21)23(27)15-18(26(27)29)12-16-4-9-24(28)25(13-16)31-3/h4,6,8-9,12-14,21-23,28H,5,7,10-11,15H2,1-3H3. The molecule has 0 amide bonds. The van der Waals surface area contributed by atoms with Crippen molar-refractivity contribution in [2.75, 3.05) is 14.2 Å². The molecule has 2 aromatic carbocycles. The van der Waals surface area contributed by atoms with Gasteiger partial charge in [0, 0.05) is 5.41 Å². The van der Waals surface area contributed by atoms with Gasteiger partial charge in [0.1, 0.15) is 5.75 Å². The van der Waals surface area contributed by atoms with Gasteiger partial charge in [-0.15, -0.1) is 0 Å². The molecule has 4 unspecified atom stereocenters. The van der Waals surface area contributed by atoms with Gasteiger partial charge in [0.05, 0.1) is 14.2 Å². The maximum Gasteiger partial charge on any atom is 0.165 e. The SMILES string of the molecule is COc1ccc2c(c1)CCC1C2CCC2(C)C(=O)C(=Cc3ccc(O)c(OC)c3)CC12. The van der Waals surface area contributed by atoms with Crippen LogP contribution in [0.2, 0.25) is 0 Å². The Morgan fingerprint density at radius 2 is 1.94 bits per heavy atom. The van der Waals surface area contributed by atoms with Crippen LogP contribution >= 0.6 is 0 Å². The molecule has 3 aliphatic rings. The lowest BCUT2D eigenvalue weighted by Crippen LogP contribution is -2.42. The lowest BCUT2D eigenvalue weighted by Gasteiger charge is -2.48. The van der Waals surface area contributed by atoms with E-state index in [1.807, 2.05) is 12.1 Å². The van der Waals surface area contributed by atoms with Gasteiger partial charge in [-0.3, -0.25) is 4.79 Å². The number of phenolic OH excluding ortho intramolecular Hbond substituents is 1. The number of Topliss-reactive ketones (excluding diaryl/α,β-unsaturated/α-hetero) is 1. The number of ketones is 1. The minimum Gasteiger partial charge on any atom is -0.504 e. The number of allylic oxidation sites excluding steroid dienone is 1. The number of hydrogen-bond donors (Lipinski definition) is 1. The smallest absolute Gasteiger partial charge is 0.165 e. The molecule has 4 atom stereocenters. The zero-order valence-electron chi connectivity index (χ0n) is 18.5. The van der Waals surface area contributed by atoms with Crippen LogP contribution in [0.5, 0.6) is 17.2 Å². The number of rotatable bonds is 3. The number of carbonyl (C=O) groups is 1. The van der Waals surface area contributed by atoms with Crippen LogP contribution in [0.4, 0.5) is 0 Å². The summed E-state index contributed by atoms with van der Waals surface area (Å²) < 4.78 is 10.7. The highest BCUT2D eigenvalue weighted by Gasteiger charge is 2.56. The van der Waals surface area contributed by atoms with E-state index in [0.29, 0.717) is 29.3 Å². The highest BCUT2D eigenvalue weighted by atomic mass is 16.5. The predicted octanol–water partition coefficient (Wildman–Crippen LogP) is 5.53. The van der Waals surface area contributed by atoms with Gasteiger partial charge in [0.15, 0.2) is 17.3 Å². The average molecular weight is 419 g/mol. The Labute approximate surface area is 183 Å². The van der Waals surface area contributed by atoms with Crippen molar-refractivity contribution in [2.24, 2.45) is 17.3 Å². The van der Waals surface area contributed by atoms with Crippen LogP contribution in [0.3, 0.4) is 0 Å². The normalized spacial score (nSPS) is 30.5. The van der Waals surface area contributed by atoms with Gasteiger partial charge in [-0.1, -0.05) is 19.1 Å². The molecule has 2 aromatic rings. The van der Waals surface area contributed by atoms with Gasteiger partial charge in [0.25, 0.3) is 0 Å². The van der Waals surface area contributed by atoms with Crippen LogP contribution in [-0.2, 0) is 11.2 Å². The number of methoxy groups -OCH3 is 2. The first-order valence-corrected chi connectivity index (χ1v) is 11.2. The molecule has 1 N–H and O–H groups in total. The number of ether oxygens (including phenoxy) is 2. The van der Waals surface area contributed by atoms with E-state index >= 15 is 0 Å². The molecule has 0 aliphatic heterocycles. The third-order valence-electron chi connectivity index (χ3n) is 8.12. The van der Waals surface area contributed by atoms with E-state index in [4.69, 9.17) is 9.47 Å². The summed E-state index contributed by atoms with van der Waals surface area (Å²) in [7, 11) is 3.26. The first-order chi connectivity index (χ1) is 14.9. The zero-order valence-corrected chi connectivity index (χ0v) is 18.5. The van der Waals surface area contributed by atoms with Crippen LogP contribution in [-0.4, -0.2) is 25.1 Å². The summed E-state index contributed by atoms with van der Waals surface area (Å²) in [6.07, 6.45) is 7.06. The molecule has 162 valence electrons. The number of benzene rings is 2. The molecule has 0 spiro atoms. The summed E-state index contributed by atoms with van der Waals surface area (Å²) in [5.74, 6) is 3.26. The highest BCUT2D eigenvalue weighted by molar-refractivity contribution is 6.06. The van der Waals surface area contributed by atoms with E-state index in [9.17, 15) is 9.90 Å². The number of phenols is 1. The van der Waals surface area contributed by atoms with E-state index in [2.05, 4.69) is 25.1 Å². The lowest BCUT2D eigenvalue weighted by molar-refractivity contribution is -0.127. The van der Waals surface area contributed by atoms with E-state index < -0.39 is 0 Å². The lowest BCUT2D eigenvalue weighted by atomic mass is 9.55. The van der Waals surface area contributed by atoms with E-state index in [-0.39, 0.29) is 11.2 Å². The van der Waals surface area contributed by atoms with Crippen molar-refractivity contribution in [3.8, 4) is 17.2 Å². The van der Waals surface area contributed by atoms with Crippen LogP contribution in [0.25, 0.3) is 6.08 Å². The molecule has 31 heavy (non-hydrogen) atoms. The monoisotopic (exact) mass is 418 g/mol. The molecule has 5 rings (SSSR count). The average Bonchev–Trinajstić information content (AvgIpc) is 3.04. The van der Waals surface area contributed by atoms with Crippen molar-refractivity contribution in [3.05, 3.63) is 58.7 Å². The molecule has 0 aromatic heterocycles. The quantitative estimate of drug-likeness (QED) is 0.666. The Hall–Kier alpha value is -2.75. The van der Waals surface area contributed by atoms with Crippen molar-refractivity contribution >= 4 is 11.9 Å². The minimum atomic E-state index is -0.266. The van der Waals surface area contributed by atoms with Crippen molar-refractivity contribution < 1.29 is 19.4 Å². The summed E-state index contributed by atoms with van der Waals surface area (Å²) >= 11 is 0. The van der Waals surface area contributed by atoms with Crippen molar-refractivity contribution in [2.45, 2.75) is 44.9 Å². The van der Waals surface area contributed by atoms with Gasteiger partial charge >= 0.3 is 0 Å². The maximum atomic E-state index is 13.5. The molecule has 2 fully saturated rings. The topological polar surface area (TPSA) is 55.8 Å². The summed E-state index contributed by atoms with van der Waals surface area (Å²) in [5, 5.41) is 9.88. The Morgan fingerprint density at radius 1 is 1.10 bits per heavy atom. The Bertz CT molecular complexity index is 1070. The number of fused-ring (bicyclic) bond motifs is 5. The first-order valence-electron chi connectivity index (χ1n) is 11.2. The van der Waals surface area contributed by atoms with Crippen LogP contribution in [0.15, 0.2) is 42.0 Å². The highest BCUT2D eigenvalue weighted by Crippen LogP contribution is 2.61. The number of hydrogen-bond acceptors (Lipinski definition) is 4. The number of aromatic hydroxyl groups is 1. The second-order valence-corrected chi connectivity index (χ2v) is 9.57. The Balaban J connectivity index is 1.46. The van der Waals surface area contributed by atoms with E-state index in [1.165, 1.54) is 11.1 Å². The fourth-order valence-electron chi connectivity index (χ4n) is 6.47. The first kappa shape index (κ1) is 20.2. The molecule has 3 aliphatic carbocycles. The second-order valence-electron chi connectivity index (χ2n) is 9.57. The van der Waals surface area contributed by atoms with Crippen molar-refractivity contribution in [1.82, 2.24) is 0 Å². The van der Waals surface area contributed by atoms with E-state index in [0.717, 1.165) is 49.0 Å². The Morgan fingerprint density at radius 3 is 2.71 bits per heavy atom. The third-order valence-corrected chi connectivity index (χ3v) is 8.12. The van der Waals surface area contributed by atoms with Crippen LogP contribution in [0.1, 0.15) is 55.2 Å². The summed E-state index contributed by atoms with van der Waals surface area (Å²) in [6, 6.07) is 11.8. The van der Waals surface area contributed by atoms with Gasteiger partial charge in [-0.05, 0) is 102 Å². The van der Waals surface area contributed by atoms with Crippen molar-refractivity contribution in [3.63, 3.8) is 0 Å². The number of aryl methyl sites for hydroxylation is 1. The van der Waals surface area contributed by atoms with Gasteiger partial charge in [-0.25, -0.2) is 0 Å². The third kappa shape index (κ3) is 3.15. The van der Waals surface area contributed by atoms with Crippen molar-refractivity contribution in [1.29, 1.82) is 0 Å². The molecule has 0 radical (unpaired) electrons. The fraction of sp³-hybridized carbons (Fsp3) is 0.444. The van der Waals surface area contributed by atoms with Gasteiger partial charge in [-0.2, -0.15) is 0 Å². The molecule has 4 nitrogen and oxygen atoms in total. The van der Waals surface area contributed by atoms with Crippen LogP contribution < -0.4 is 9.47 Å². The second kappa shape index (κ2) is 7.44. The van der Waals surface area contributed by atoms with E-state index in [1.54, 1.807) is 26.4 Å². The summed E-state index contributed by atoms with van der Waals surface area (Å²) in [4.78, 5) is 13.5. The maximum absolute atomic E-state index is 13.5. The minimum absolute atomic E-state index is 0.114. The molecule has 0 bridgehead atoms. The molecular formula is C27H30O4. The largest absolute Gasteiger partial charge is 0.504 e. The molecule has 0 heterocycles. The van der Waals surface area contributed by atoms with Gasteiger partial charge < -0.3 is 14.6 Å². The number of carbonyl (C=O) groups excluding carboxylic acids is 1. The Kier molecular flexibility index (Phi) is 4.84. The summed E-state index contributed by atoms with van der Waals surface area (Å²) in [6.45, 7) is 2.19. The molecular weight excluding hydrogens is 388 g/mol. The predicted molar refractivity (Wildman–Crippen MR) is 121 cm³/mol.